The molecule has 0 aliphatic heterocycles. The Morgan fingerprint density at radius 2 is 2.00 bits per heavy atom. The Morgan fingerprint density at radius 3 is 2.40 bits per heavy atom. The van der Waals surface area contributed by atoms with Crippen molar-refractivity contribution in [3.8, 4) is 0 Å². The molecule has 0 radical (unpaired) electrons. The van der Waals surface area contributed by atoms with Crippen LogP contribution in [0.25, 0.3) is 0 Å². The third kappa shape index (κ3) is 7.89. The second kappa shape index (κ2) is 4.67. The zero-order valence-corrected chi connectivity index (χ0v) is 8.09. The summed E-state index contributed by atoms with van der Waals surface area (Å²) in [7, 11) is 1.91. The maximum Gasteiger partial charge on any atom is 0.00278 e. The van der Waals surface area contributed by atoms with E-state index in [2.05, 4.69) is 31.5 Å². The molecule has 0 spiro atoms. The molecule has 60 valence electrons. The molecule has 0 bridgehead atoms. The molecular formula is C8H17NS. The van der Waals surface area contributed by atoms with Gasteiger partial charge in [-0.1, -0.05) is 20.8 Å². The van der Waals surface area contributed by atoms with Gasteiger partial charge in [0.05, 0.1) is 0 Å². The molecule has 0 aromatic heterocycles. The van der Waals surface area contributed by atoms with E-state index in [0.29, 0.717) is 5.41 Å². The van der Waals surface area contributed by atoms with E-state index < -0.39 is 0 Å². The van der Waals surface area contributed by atoms with E-state index in [9.17, 15) is 0 Å². The van der Waals surface area contributed by atoms with Gasteiger partial charge >= 0.3 is 0 Å². The Balaban J connectivity index is 3.28. The minimum absolute atomic E-state index is 0.433. The van der Waals surface area contributed by atoms with Crippen LogP contribution in [0.3, 0.4) is 0 Å². The smallest absolute Gasteiger partial charge is 0.00278 e. The minimum Gasteiger partial charge on any atom is -0.394 e. The maximum atomic E-state index is 2.95. The van der Waals surface area contributed by atoms with Crippen LogP contribution in [0.4, 0.5) is 0 Å². The van der Waals surface area contributed by atoms with Gasteiger partial charge in [-0.3, -0.25) is 0 Å². The molecule has 0 atom stereocenters. The Kier molecular flexibility index (Phi) is 4.62. The summed E-state index contributed by atoms with van der Waals surface area (Å²) >= 11 is 1.84. The van der Waals surface area contributed by atoms with E-state index >= 15 is 0 Å². The molecule has 0 aromatic rings. The summed E-state index contributed by atoms with van der Waals surface area (Å²) < 4.78 is 0. The van der Waals surface area contributed by atoms with Crippen molar-refractivity contribution >= 4 is 11.8 Å². The van der Waals surface area contributed by atoms with Gasteiger partial charge in [0.2, 0.25) is 0 Å². The van der Waals surface area contributed by atoms with E-state index in [1.807, 2.05) is 25.0 Å². The zero-order chi connectivity index (χ0) is 8.04. The molecule has 0 heterocycles. The van der Waals surface area contributed by atoms with Crippen LogP contribution in [0.5, 0.6) is 0 Å². The highest BCUT2D eigenvalue weighted by Gasteiger charge is 2.07. The second-order valence-corrected chi connectivity index (χ2v) is 4.36. The third-order valence-electron chi connectivity index (χ3n) is 0.847. The molecule has 2 heteroatoms. The number of hydrogen-bond donors (Lipinski definition) is 1. The van der Waals surface area contributed by atoms with Crippen molar-refractivity contribution in [3.05, 3.63) is 11.6 Å². The van der Waals surface area contributed by atoms with Crippen LogP contribution in [0.1, 0.15) is 20.8 Å². The quantitative estimate of drug-likeness (QED) is 0.679. The summed E-state index contributed by atoms with van der Waals surface area (Å²) in [6.07, 6.45) is 1.95. The summed E-state index contributed by atoms with van der Waals surface area (Å²) in [4.78, 5) is 0. The zero-order valence-electron chi connectivity index (χ0n) is 7.27. The Morgan fingerprint density at radius 1 is 1.40 bits per heavy atom. The van der Waals surface area contributed by atoms with Crippen molar-refractivity contribution in [2.45, 2.75) is 20.8 Å². The number of hydrogen-bond acceptors (Lipinski definition) is 2. The van der Waals surface area contributed by atoms with Crippen LogP contribution >= 0.6 is 11.8 Å². The van der Waals surface area contributed by atoms with E-state index in [0.717, 1.165) is 0 Å². The third-order valence-corrected chi connectivity index (χ3v) is 2.21. The second-order valence-electron chi connectivity index (χ2n) is 3.46. The minimum atomic E-state index is 0.433. The van der Waals surface area contributed by atoms with Gasteiger partial charge in [0.15, 0.2) is 0 Å². The van der Waals surface area contributed by atoms with Crippen LogP contribution < -0.4 is 5.32 Å². The Labute approximate surface area is 68.3 Å². The summed E-state index contributed by atoms with van der Waals surface area (Å²) in [5.74, 6) is 1.17. The lowest BCUT2D eigenvalue weighted by atomic mass is 10.0. The number of nitrogens with one attached hydrogen (secondary N) is 1. The molecule has 0 saturated heterocycles. The number of rotatable bonds is 3. The van der Waals surface area contributed by atoms with E-state index in [1.165, 1.54) is 5.75 Å². The standard InChI is InChI=1S/C8H17NS/c1-8(2,3)7-10-6-5-9-4/h5-6,9H,7H2,1-4H3/b6-5-. The normalized spacial score (nSPS) is 12.4. The van der Waals surface area contributed by atoms with Gasteiger partial charge < -0.3 is 5.32 Å². The fourth-order valence-corrected chi connectivity index (χ4v) is 1.24. The fraction of sp³-hybridized carbons (Fsp3) is 0.750. The van der Waals surface area contributed by atoms with Crippen LogP contribution in [-0.2, 0) is 0 Å². The van der Waals surface area contributed by atoms with Crippen molar-refractivity contribution in [1.29, 1.82) is 0 Å². The first-order chi connectivity index (χ1) is 4.56. The van der Waals surface area contributed by atoms with Crippen molar-refractivity contribution in [2.24, 2.45) is 5.41 Å². The van der Waals surface area contributed by atoms with Gasteiger partial charge in [0.25, 0.3) is 0 Å². The van der Waals surface area contributed by atoms with Crippen molar-refractivity contribution < 1.29 is 0 Å². The monoisotopic (exact) mass is 159 g/mol. The van der Waals surface area contributed by atoms with Crippen LogP contribution in [-0.4, -0.2) is 12.8 Å². The fourth-order valence-electron chi connectivity index (χ4n) is 0.414. The molecule has 0 aromatic carbocycles. The van der Waals surface area contributed by atoms with E-state index in [4.69, 9.17) is 0 Å². The molecular weight excluding hydrogens is 142 g/mol. The van der Waals surface area contributed by atoms with Crippen LogP contribution in [0, 0.1) is 5.41 Å². The van der Waals surface area contributed by atoms with Gasteiger partial charge in [0, 0.05) is 19.0 Å². The highest BCUT2D eigenvalue weighted by atomic mass is 32.2. The molecule has 0 rings (SSSR count). The Hall–Kier alpha value is -0.110. The predicted octanol–water partition coefficient (Wildman–Crippen LogP) is 2.46. The molecule has 0 aliphatic carbocycles. The average Bonchev–Trinajstić information content (AvgIpc) is 1.78. The lowest BCUT2D eigenvalue weighted by molar-refractivity contribution is 0.481. The first-order valence-corrected chi connectivity index (χ1v) is 4.55. The summed E-state index contributed by atoms with van der Waals surface area (Å²) in [5.41, 5.74) is 0.433. The first kappa shape index (κ1) is 9.89. The Bertz CT molecular complexity index is 102. The largest absolute Gasteiger partial charge is 0.394 e. The summed E-state index contributed by atoms with van der Waals surface area (Å²) in [5, 5.41) is 5.04. The van der Waals surface area contributed by atoms with Crippen molar-refractivity contribution in [1.82, 2.24) is 5.32 Å². The molecule has 10 heavy (non-hydrogen) atoms. The van der Waals surface area contributed by atoms with E-state index in [1.54, 1.807) is 0 Å². The molecule has 1 nitrogen and oxygen atoms in total. The van der Waals surface area contributed by atoms with Gasteiger partial charge in [-0.25, -0.2) is 0 Å². The van der Waals surface area contributed by atoms with Gasteiger partial charge in [-0.15, -0.1) is 11.8 Å². The maximum absolute atomic E-state index is 2.95. The topological polar surface area (TPSA) is 12.0 Å². The molecule has 0 amide bonds. The molecule has 1 N–H and O–H groups in total. The SMILES string of the molecule is CN/C=C\SCC(C)(C)C. The molecule has 0 saturated carbocycles. The highest BCUT2D eigenvalue weighted by Crippen LogP contribution is 2.20. The van der Waals surface area contributed by atoms with Gasteiger partial charge in [-0.05, 0) is 10.8 Å². The molecule has 0 fully saturated rings. The summed E-state index contributed by atoms with van der Waals surface area (Å²) in [6, 6.07) is 0. The highest BCUT2D eigenvalue weighted by molar-refractivity contribution is 8.02. The van der Waals surface area contributed by atoms with Crippen molar-refractivity contribution in [3.63, 3.8) is 0 Å². The predicted molar refractivity (Wildman–Crippen MR) is 50.1 cm³/mol. The van der Waals surface area contributed by atoms with Gasteiger partial charge in [-0.2, -0.15) is 0 Å². The van der Waals surface area contributed by atoms with Crippen LogP contribution in [0.2, 0.25) is 0 Å². The van der Waals surface area contributed by atoms with E-state index in [-0.39, 0.29) is 0 Å². The lowest BCUT2D eigenvalue weighted by Gasteiger charge is -2.15. The number of thioether (sulfide) groups is 1. The lowest BCUT2D eigenvalue weighted by Crippen LogP contribution is -2.07. The van der Waals surface area contributed by atoms with Crippen LogP contribution in [0.15, 0.2) is 11.6 Å². The van der Waals surface area contributed by atoms with Crippen molar-refractivity contribution in [2.75, 3.05) is 12.8 Å². The first-order valence-electron chi connectivity index (χ1n) is 3.50. The van der Waals surface area contributed by atoms with Gasteiger partial charge in [0.1, 0.15) is 0 Å². The summed E-state index contributed by atoms with van der Waals surface area (Å²) in [6.45, 7) is 6.73. The molecule has 0 aliphatic rings. The molecule has 0 unspecified atom stereocenters. The average molecular weight is 159 g/mol.